The Morgan fingerprint density at radius 2 is 1.92 bits per heavy atom. The van der Waals surface area contributed by atoms with Crippen molar-refractivity contribution >= 4 is 16.7 Å². The van der Waals surface area contributed by atoms with E-state index in [0.29, 0.717) is 0 Å². The molecule has 4 heteroatoms. The molecule has 1 aliphatic carbocycles. The van der Waals surface area contributed by atoms with E-state index in [0.717, 1.165) is 37.8 Å². The first-order valence-corrected chi connectivity index (χ1v) is 9.35. The average Bonchev–Trinajstić information content (AvgIpc) is 3.44. The molecule has 0 amide bonds. The van der Waals surface area contributed by atoms with Crippen molar-refractivity contribution < 1.29 is 0 Å². The second-order valence-electron chi connectivity index (χ2n) is 7.64. The zero-order chi connectivity index (χ0) is 17.0. The van der Waals surface area contributed by atoms with Crippen LogP contribution in [-0.4, -0.2) is 21.3 Å². The second kappa shape index (κ2) is 5.58. The molecule has 3 heterocycles. The summed E-state index contributed by atoms with van der Waals surface area (Å²) in [5.74, 6) is 1.90. The summed E-state index contributed by atoms with van der Waals surface area (Å²) >= 11 is 0. The van der Waals surface area contributed by atoms with Crippen LogP contribution in [0.4, 0.5) is 5.82 Å². The first kappa shape index (κ1) is 14.9. The Hall–Kier alpha value is -2.36. The van der Waals surface area contributed by atoms with Crippen LogP contribution in [0.25, 0.3) is 10.9 Å². The lowest BCUT2D eigenvalue weighted by molar-refractivity contribution is 0.628. The third kappa shape index (κ3) is 2.43. The molecule has 0 N–H and O–H groups in total. The van der Waals surface area contributed by atoms with Crippen LogP contribution < -0.4 is 4.90 Å². The Balaban J connectivity index is 1.63. The summed E-state index contributed by atoms with van der Waals surface area (Å²) in [5.41, 5.74) is 6.90. The number of aryl methyl sites for hydroxylation is 1. The molecule has 0 radical (unpaired) electrons. The number of fused-ring (bicyclic) bond motifs is 2. The minimum Gasteiger partial charge on any atom is -0.349 e. The third-order valence-corrected chi connectivity index (χ3v) is 6.00. The number of rotatable bonds is 3. The fourth-order valence-electron chi connectivity index (χ4n) is 4.15. The van der Waals surface area contributed by atoms with Gasteiger partial charge in [-0.25, -0.2) is 0 Å². The maximum Gasteiger partial charge on any atom is 0.176 e. The van der Waals surface area contributed by atoms with Gasteiger partial charge in [-0.2, -0.15) is 5.10 Å². The van der Waals surface area contributed by atoms with Gasteiger partial charge >= 0.3 is 0 Å². The summed E-state index contributed by atoms with van der Waals surface area (Å²) in [6.45, 7) is 7.53. The van der Waals surface area contributed by atoms with E-state index in [9.17, 15) is 0 Å². The average molecular weight is 332 g/mol. The highest BCUT2D eigenvalue weighted by molar-refractivity contribution is 5.93. The van der Waals surface area contributed by atoms with Crippen molar-refractivity contribution in [2.24, 2.45) is 5.92 Å². The Labute approximate surface area is 148 Å². The molecule has 2 aliphatic rings. The van der Waals surface area contributed by atoms with E-state index in [1.807, 2.05) is 6.20 Å². The van der Waals surface area contributed by atoms with Crippen molar-refractivity contribution in [1.82, 2.24) is 14.8 Å². The highest BCUT2D eigenvalue weighted by Crippen LogP contribution is 2.37. The molecule has 0 atom stereocenters. The quantitative estimate of drug-likeness (QED) is 0.726. The predicted octanol–water partition coefficient (Wildman–Crippen LogP) is 4.02. The molecule has 1 aromatic carbocycles. The van der Waals surface area contributed by atoms with Crippen molar-refractivity contribution in [3.05, 3.63) is 52.8 Å². The van der Waals surface area contributed by atoms with Crippen molar-refractivity contribution in [2.75, 3.05) is 11.4 Å². The van der Waals surface area contributed by atoms with E-state index < -0.39 is 0 Å². The normalized spacial score (nSPS) is 17.1. The number of hydrogen-bond acceptors (Lipinski definition) is 3. The summed E-state index contributed by atoms with van der Waals surface area (Å²) < 4.78 is 2.51. The Kier molecular flexibility index (Phi) is 3.34. The molecular formula is C21H24N4. The van der Waals surface area contributed by atoms with E-state index >= 15 is 0 Å². The molecule has 1 aliphatic heterocycles. The summed E-state index contributed by atoms with van der Waals surface area (Å²) in [4.78, 5) is 2.42. The van der Waals surface area contributed by atoms with Gasteiger partial charge in [0.15, 0.2) is 5.82 Å². The van der Waals surface area contributed by atoms with E-state index in [1.165, 1.54) is 46.1 Å². The molecule has 4 nitrogen and oxygen atoms in total. The van der Waals surface area contributed by atoms with E-state index in [1.54, 1.807) is 0 Å². The minimum atomic E-state index is 0.844. The molecule has 3 aromatic rings. The van der Waals surface area contributed by atoms with Crippen LogP contribution in [0.1, 0.15) is 35.2 Å². The lowest BCUT2D eigenvalue weighted by Gasteiger charge is -2.30. The fraction of sp³-hybridized carbons (Fsp3) is 0.429. The van der Waals surface area contributed by atoms with E-state index in [-0.39, 0.29) is 0 Å². The van der Waals surface area contributed by atoms with Gasteiger partial charge in [0, 0.05) is 30.7 Å². The first-order valence-electron chi connectivity index (χ1n) is 9.35. The smallest absolute Gasteiger partial charge is 0.176 e. The molecule has 25 heavy (non-hydrogen) atoms. The Morgan fingerprint density at radius 1 is 1.12 bits per heavy atom. The molecule has 128 valence electrons. The number of hydrogen-bond donors (Lipinski definition) is 0. The van der Waals surface area contributed by atoms with Gasteiger partial charge < -0.3 is 9.47 Å². The highest BCUT2D eigenvalue weighted by atomic mass is 15.3. The molecule has 0 saturated heterocycles. The monoisotopic (exact) mass is 332 g/mol. The van der Waals surface area contributed by atoms with Gasteiger partial charge in [0.2, 0.25) is 0 Å². The lowest BCUT2D eigenvalue weighted by Crippen LogP contribution is -2.31. The Morgan fingerprint density at radius 3 is 2.72 bits per heavy atom. The van der Waals surface area contributed by atoms with Crippen LogP contribution in [0, 0.1) is 19.8 Å². The lowest BCUT2D eigenvalue weighted by atomic mass is 10.00. The maximum atomic E-state index is 4.60. The second-order valence-corrected chi connectivity index (χ2v) is 7.64. The van der Waals surface area contributed by atoms with Gasteiger partial charge in [0.05, 0.1) is 11.7 Å². The van der Waals surface area contributed by atoms with Gasteiger partial charge in [-0.3, -0.25) is 0 Å². The largest absolute Gasteiger partial charge is 0.349 e. The topological polar surface area (TPSA) is 34.0 Å². The van der Waals surface area contributed by atoms with Crippen LogP contribution >= 0.6 is 0 Å². The van der Waals surface area contributed by atoms with Crippen LogP contribution in [0.2, 0.25) is 0 Å². The van der Waals surface area contributed by atoms with E-state index in [2.05, 4.69) is 57.8 Å². The van der Waals surface area contributed by atoms with Gasteiger partial charge in [0.1, 0.15) is 0 Å². The molecule has 1 saturated carbocycles. The van der Waals surface area contributed by atoms with Gasteiger partial charge in [-0.1, -0.05) is 24.3 Å². The predicted molar refractivity (Wildman–Crippen MR) is 101 cm³/mol. The summed E-state index contributed by atoms with van der Waals surface area (Å²) in [5, 5.41) is 10.2. The van der Waals surface area contributed by atoms with Crippen molar-refractivity contribution in [3.8, 4) is 0 Å². The zero-order valence-electron chi connectivity index (χ0n) is 15.0. The molecule has 1 fully saturated rings. The van der Waals surface area contributed by atoms with Crippen molar-refractivity contribution in [2.45, 2.75) is 46.2 Å². The standard InChI is InChI=1S/C21H24N4/c1-14-15(2)25(12-16-7-8-16)20-19(14)11-22-23-21(20)24-10-9-17-5-3-4-6-18(17)13-24/h3-6,11,16H,7-10,12-13H2,1-2H3. The maximum absolute atomic E-state index is 4.60. The van der Waals surface area contributed by atoms with Crippen molar-refractivity contribution in [3.63, 3.8) is 0 Å². The van der Waals surface area contributed by atoms with Crippen LogP contribution in [0.5, 0.6) is 0 Å². The van der Waals surface area contributed by atoms with Gasteiger partial charge in [-0.05, 0) is 55.7 Å². The minimum absolute atomic E-state index is 0.844. The van der Waals surface area contributed by atoms with Crippen LogP contribution in [-0.2, 0) is 19.5 Å². The third-order valence-electron chi connectivity index (χ3n) is 6.00. The molecule has 5 rings (SSSR count). The Bertz CT molecular complexity index is 952. The summed E-state index contributed by atoms with van der Waals surface area (Å²) in [6.07, 6.45) is 5.75. The number of anilines is 1. The first-order chi connectivity index (χ1) is 12.2. The molecule has 0 spiro atoms. The van der Waals surface area contributed by atoms with Gasteiger partial charge in [-0.15, -0.1) is 5.10 Å². The zero-order valence-corrected chi connectivity index (χ0v) is 15.0. The number of benzene rings is 1. The van der Waals surface area contributed by atoms with Gasteiger partial charge in [0.25, 0.3) is 0 Å². The van der Waals surface area contributed by atoms with Crippen molar-refractivity contribution in [1.29, 1.82) is 0 Å². The fourth-order valence-corrected chi connectivity index (χ4v) is 4.15. The molecular weight excluding hydrogens is 308 g/mol. The number of nitrogens with zero attached hydrogens (tertiary/aromatic N) is 4. The van der Waals surface area contributed by atoms with E-state index in [4.69, 9.17) is 0 Å². The van der Waals surface area contributed by atoms with Crippen LogP contribution in [0.15, 0.2) is 30.5 Å². The molecule has 0 bridgehead atoms. The molecule has 0 unspecified atom stereocenters. The van der Waals surface area contributed by atoms with Crippen LogP contribution in [0.3, 0.4) is 0 Å². The molecule has 2 aromatic heterocycles. The number of aromatic nitrogens is 3. The summed E-state index contributed by atoms with van der Waals surface area (Å²) in [6, 6.07) is 8.78. The highest BCUT2D eigenvalue weighted by Gasteiger charge is 2.27. The summed E-state index contributed by atoms with van der Waals surface area (Å²) in [7, 11) is 0. The SMILES string of the molecule is Cc1c(C)n(CC2CC2)c2c(N3CCc4ccccc4C3)nncc12.